The van der Waals surface area contributed by atoms with Gasteiger partial charge < -0.3 is 10.7 Å². The molecule has 0 unspecified atom stereocenters. The summed E-state index contributed by atoms with van der Waals surface area (Å²) in [4.78, 5) is 18.1. The van der Waals surface area contributed by atoms with Crippen molar-refractivity contribution in [1.82, 2.24) is 9.97 Å². The Balaban J connectivity index is 2.73. The molecule has 0 atom stereocenters. The summed E-state index contributed by atoms with van der Waals surface area (Å²) in [6.45, 7) is 2.03. The highest BCUT2D eigenvalue weighted by molar-refractivity contribution is 5.94. The van der Waals surface area contributed by atoms with Crippen molar-refractivity contribution >= 4 is 16.9 Å². The van der Waals surface area contributed by atoms with Gasteiger partial charge >= 0.3 is 0 Å². The summed E-state index contributed by atoms with van der Waals surface area (Å²) in [6.07, 6.45) is 2.67. The van der Waals surface area contributed by atoms with Crippen LogP contribution in [0.5, 0.6) is 0 Å². The number of amides is 1. The summed E-state index contributed by atoms with van der Waals surface area (Å²) in [5.41, 5.74) is 7.31. The van der Waals surface area contributed by atoms with Crippen molar-refractivity contribution in [2.45, 2.75) is 13.3 Å². The second-order valence-electron chi connectivity index (χ2n) is 3.12. The minimum atomic E-state index is -0.490. The van der Waals surface area contributed by atoms with Crippen molar-refractivity contribution in [3.05, 3.63) is 29.6 Å². The molecule has 2 rings (SSSR count). The third kappa shape index (κ3) is 1.25. The first-order valence-corrected chi connectivity index (χ1v) is 4.49. The lowest BCUT2D eigenvalue weighted by atomic mass is 10.1. The molecule has 72 valence electrons. The van der Waals surface area contributed by atoms with Crippen molar-refractivity contribution in [2.24, 2.45) is 5.73 Å². The maximum absolute atomic E-state index is 11.0. The fraction of sp³-hybridized carbons (Fsp3) is 0.200. The molecule has 2 aromatic rings. The molecule has 0 aliphatic heterocycles. The predicted octanol–water partition coefficient (Wildman–Crippen LogP) is 1.22. The largest absolute Gasteiger partial charge is 0.364 e. The van der Waals surface area contributed by atoms with Crippen LogP contribution < -0.4 is 5.73 Å². The first-order chi connectivity index (χ1) is 6.72. The van der Waals surface area contributed by atoms with Gasteiger partial charge in [-0.25, -0.2) is 4.98 Å². The van der Waals surface area contributed by atoms with Crippen LogP contribution in [-0.4, -0.2) is 15.9 Å². The Kier molecular flexibility index (Phi) is 1.96. The lowest BCUT2D eigenvalue weighted by molar-refractivity contribution is 0.0996. The van der Waals surface area contributed by atoms with Gasteiger partial charge in [0.2, 0.25) is 0 Å². The Hall–Kier alpha value is -1.84. The maximum atomic E-state index is 11.0. The molecule has 4 nitrogen and oxygen atoms in total. The molecule has 0 radical (unpaired) electrons. The summed E-state index contributed by atoms with van der Waals surface area (Å²) >= 11 is 0. The number of carbonyl (C=O) groups is 1. The van der Waals surface area contributed by atoms with E-state index < -0.39 is 5.91 Å². The fourth-order valence-electron chi connectivity index (χ4n) is 1.53. The van der Waals surface area contributed by atoms with Crippen LogP contribution >= 0.6 is 0 Å². The number of carbonyl (C=O) groups excluding carboxylic acids is 1. The van der Waals surface area contributed by atoms with Crippen molar-refractivity contribution in [3.63, 3.8) is 0 Å². The summed E-state index contributed by atoms with van der Waals surface area (Å²) in [5.74, 6) is -0.490. The minimum Gasteiger partial charge on any atom is -0.364 e. The van der Waals surface area contributed by atoms with Gasteiger partial charge in [-0.05, 0) is 24.1 Å². The van der Waals surface area contributed by atoms with Crippen LogP contribution in [0.1, 0.15) is 23.0 Å². The Labute approximate surface area is 81.1 Å². The summed E-state index contributed by atoms with van der Waals surface area (Å²) in [7, 11) is 0. The number of H-pyrrole nitrogens is 1. The fourth-order valence-corrected chi connectivity index (χ4v) is 1.53. The van der Waals surface area contributed by atoms with Gasteiger partial charge in [0.05, 0.1) is 0 Å². The second-order valence-corrected chi connectivity index (χ2v) is 3.12. The normalized spacial score (nSPS) is 10.6. The molecule has 0 fully saturated rings. The number of pyridine rings is 1. The molecule has 4 heteroatoms. The van der Waals surface area contributed by atoms with Crippen LogP contribution in [-0.2, 0) is 6.42 Å². The average Bonchev–Trinajstić information content (AvgIpc) is 2.63. The zero-order valence-corrected chi connectivity index (χ0v) is 7.87. The molecule has 3 N–H and O–H groups in total. The van der Waals surface area contributed by atoms with Crippen LogP contribution in [0.25, 0.3) is 11.0 Å². The molecule has 0 aliphatic carbocycles. The molecule has 0 aliphatic rings. The number of aromatic nitrogens is 2. The van der Waals surface area contributed by atoms with E-state index in [9.17, 15) is 4.79 Å². The third-order valence-electron chi connectivity index (χ3n) is 2.25. The number of nitrogens with zero attached hydrogens (tertiary/aromatic N) is 1. The van der Waals surface area contributed by atoms with Crippen LogP contribution in [0.2, 0.25) is 0 Å². The van der Waals surface area contributed by atoms with Crippen LogP contribution in [0.4, 0.5) is 0 Å². The van der Waals surface area contributed by atoms with Crippen molar-refractivity contribution in [3.8, 4) is 0 Å². The van der Waals surface area contributed by atoms with E-state index >= 15 is 0 Å². The van der Waals surface area contributed by atoms with Crippen LogP contribution in [0, 0.1) is 0 Å². The quantitative estimate of drug-likeness (QED) is 0.745. The molecule has 14 heavy (non-hydrogen) atoms. The van der Waals surface area contributed by atoms with Crippen molar-refractivity contribution in [2.75, 3.05) is 0 Å². The van der Waals surface area contributed by atoms with E-state index in [1.807, 2.05) is 19.2 Å². The molecule has 2 aromatic heterocycles. The number of nitrogens with two attached hydrogens (primary N) is 1. The lowest BCUT2D eigenvalue weighted by Crippen LogP contribution is -2.13. The molecule has 0 bridgehead atoms. The van der Waals surface area contributed by atoms with E-state index in [1.165, 1.54) is 0 Å². The zero-order valence-electron chi connectivity index (χ0n) is 7.87. The maximum Gasteiger partial charge on any atom is 0.267 e. The van der Waals surface area contributed by atoms with Gasteiger partial charge in [0.15, 0.2) is 0 Å². The monoisotopic (exact) mass is 189 g/mol. The summed E-state index contributed by atoms with van der Waals surface area (Å²) in [5, 5.41) is 1.05. The van der Waals surface area contributed by atoms with E-state index in [0.29, 0.717) is 5.69 Å². The predicted molar refractivity (Wildman–Crippen MR) is 54.0 cm³/mol. The van der Waals surface area contributed by atoms with Gasteiger partial charge in [-0.3, -0.25) is 4.79 Å². The molecule has 2 heterocycles. The number of fused-ring (bicyclic) bond motifs is 1. The number of nitrogens with one attached hydrogen (secondary N) is 1. The number of aromatic amines is 1. The SMILES string of the molecule is CCc1cc(C(N)=O)nc2[nH]ccc12. The average molecular weight is 189 g/mol. The van der Waals surface area contributed by atoms with E-state index in [-0.39, 0.29) is 0 Å². The van der Waals surface area contributed by atoms with Crippen molar-refractivity contribution in [1.29, 1.82) is 0 Å². The number of hydrogen-bond donors (Lipinski definition) is 2. The topological polar surface area (TPSA) is 71.8 Å². The Morgan fingerprint density at radius 2 is 2.43 bits per heavy atom. The number of hydrogen-bond acceptors (Lipinski definition) is 2. The van der Waals surface area contributed by atoms with Crippen LogP contribution in [0.3, 0.4) is 0 Å². The van der Waals surface area contributed by atoms with E-state index in [0.717, 1.165) is 23.0 Å². The van der Waals surface area contributed by atoms with Gasteiger partial charge in [0, 0.05) is 11.6 Å². The molecule has 0 saturated carbocycles. The van der Waals surface area contributed by atoms with Gasteiger partial charge in [-0.15, -0.1) is 0 Å². The molecule has 0 saturated heterocycles. The van der Waals surface area contributed by atoms with Gasteiger partial charge in [-0.1, -0.05) is 6.92 Å². The van der Waals surface area contributed by atoms with Gasteiger partial charge in [0.1, 0.15) is 11.3 Å². The number of rotatable bonds is 2. The summed E-state index contributed by atoms with van der Waals surface area (Å²) in [6, 6.07) is 3.70. The van der Waals surface area contributed by atoms with E-state index in [2.05, 4.69) is 9.97 Å². The highest BCUT2D eigenvalue weighted by Crippen LogP contribution is 2.17. The number of aryl methyl sites for hydroxylation is 1. The van der Waals surface area contributed by atoms with E-state index in [4.69, 9.17) is 5.73 Å². The number of primary amides is 1. The highest BCUT2D eigenvalue weighted by Gasteiger charge is 2.08. The Morgan fingerprint density at radius 3 is 3.07 bits per heavy atom. The first-order valence-electron chi connectivity index (χ1n) is 4.49. The zero-order chi connectivity index (χ0) is 10.1. The third-order valence-corrected chi connectivity index (χ3v) is 2.25. The second kappa shape index (κ2) is 3.14. The minimum absolute atomic E-state index is 0.316. The highest BCUT2D eigenvalue weighted by atomic mass is 16.1. The molecule has 1 amide bonds. The Bertz CT molecular complexity index is 487. The molecular weight excluding hydrogens is 178 g/mol. The van der Waals surface area contributed by atoms with Crippen molar-refractivity contribution < 1.29 is 4.79 Å². The summed E-state index contributed by atoms with van der Waals surface area (Å²) < 4.78 is 0. The standard InChI is InChI=1S/C10H11N3O/c1-2-6-5-8(9(11)14)13-10-7(6)3-4-12-10/h3-5H,2H2,1H3,(H2,11,14)(H,12,13). The van der Waals surface area contributed by atoms with Crippen LogP contribution in [0.15, 0.2) is 18.3 Å². The van der Waals surface area contributed by atoms with Gasteiger partial charge in [-0.2, -0.15) is 0 Å². The first kappa shape index (κ1) is 8.74. The van der Waals surface area contributed by atoms with Gasteiger partial charge in [0.25, 0.3) is 5.91 Å². The Morgan fingerprint density at radius 1 is 1.64 bits per heavy atom. The van der Waals surface area contributed by atoms with E-state index in [1.54, 1.807) is 6.07 Å². The molecule has 0 aromatic carbocycles. The molecule has 0 spiro atoms. The lowest BCUT2D eigenvalue weighted by Gasteiger charge is -2.01. The molecular formula is C10H11N3O. The smallest absolute Gasteiger partial charge is 0.267 e.